The first kappa shape index (κ1) is 9.99. The van der Waals surface area contributed by atoms with Gasteiger partial charge in [0.15, 0.2) is 0 Å². The summed E-state index contributed by atoms with van der Waals surface area (Å²) in [5.41, 5.74) is 0. The topological polar surface area (TPSA) is 52.9 Å². The van der Waals surface area contributed by atoms with Gasteiger partial charge in [-0.25, -0.2) is 0 Å². The third-order valence-electron chi connectivity index (χ3n) is 2.44. The number of methoxy groups -OCH3 is 1. The van der Waals surface area contributed by atoms with E-state index in [1.54, 1.807) is 13.9 Å². The van der Waals surface area contributed by atoms with Crippen LogP contribution in [-0.2, 0) is 4.74 Å². The second kappa shape index (κ2) is 4.23. The Labute approximate surface area is 73.3 Å². The van der Waals surface area contributed by atoms with Gasteiger partial charge in [0.2, 0.25) is 0 Å². The van der Waals surface area contributed by atoms with E-state index in [-0.39, 0.29) is 18.8 Å². The average molecular weight is 173 g/mol. The SMILES string of the molecule is COC1C[C@@H](CO)N(B(C)O)C1. The zero-order valence-corrected chi connectivity index (χ0v) is 7.60. The van der Waals surface area contributed by atoms with Gasteiger partial charge in [0.05, 0.1) is 12.7 Å². The van der Waals surface area contributed by atoms with Crippen molar-refractivity contribution in [3.63, 3.8) is 0 Å². The molecule has 1 aliphatic heterocycles. The minimum atomic E-state index is -0.498. The molecule has 1 fully saturated rings. The summed E-state index contributed by atoms with van der Waals surface area (Å²) in [6.45, 7) is 2.50. The summed E-state index contributed by atoms with van der Waals surface area (Å²) in [4.78, 5) is 1.86. The Kier molecular flexibility index (Phi) is 3.52. The molecule has 1 saturated heterocycles. The predicted octanol–water partition coefficient (Wildman–Crippen LogP) is -0.822. The molecule has 5 heteroatoms. The van der Waals surface area contributed by atoms with Crippen LogP contribution < -0.4 is 0 Å². The van der Waals surface area contributed by atoms with E-state index in [2.05, 4.69) is 0 Å². The van der Waals surface area contributed by atoms with Gasteiger partial charge in [0.25, 0.3) is 0 Å². The first-order valence-corrected chi connectivity index (χ1v) is 4.26. The van der Waals surface area contributed by atoms with Crippen LogP contribution in [0.2, 0.25) is 6.82 Å². The summed E-state index contributed by atoms with van der Waals surface area (Å²) in [5.74, 6) is 0. The number of aliphatic hydroxyl groups excluding tert-OH is 1. The van der Waals surface area contributed by atoms with Gasteiger partial charge in [-0.15, -0.1) is 0 Å². The smallest absolute Gasteiger partial charge is 0.376 e. The molecule has 2 atom stereocenters. The highest BCUT2D eigenvalue weighted by Crippen LogP contribution is 2.19. The lowest BCUT2D eigenvalue weighted by Gasteiger charge is -2.22. The number of hydrogen-bond acceptors (Lipinski definition) is 4. The molecule has 0 bridgehead atoms. The third-order valence-corrected chi connectivity index (χ3v) is 2.44. The number of ether oxygens (including phenoxy) is 1. The van der Waals surface area contributed by atoms with Crippen molar-refractivity contribution in [2.75, 3.05) is 20.3 Å². The van der Waals surface area contributed by atoms with Crippen LogP contribution in [-0.4, -0.2) is 54.4 Å². The second-order valence-corrected chi connectivity index (χ2v) is 3.26. The summed E-state index contributed by atoms with van der Waals surface area (Å²) in [5, 5.41) is 18.3. The Bertz CT molecular complexity index is 145. The van der Waals surface area contributed by atoms with Gasteiger partial charge in [0.1, 0.15) is 0 Å². The number of aliphatic hydroxyl groups is 1. The highest BCUT2D eigenvalue weighted by molar-refractivity contribution is 6.45. The van der Waals surface area contributed by atoms with Crippen LogP contribution in [0.5, 0.6) is 0 Å². The van der Waals surface area contributed by atoms with E-state index in [0.29, 0.717) is 6.54 Å². The van der Waals surface area contributed by atoms with Crippen molar-refractivity contribution < 1.29 is 14.9 Å². The third kappa shape index (κ3) is 1.98. The lowest BCUT2D eigenvalue weighted by atomic mass is 9.84. The Hall–Kier alpha value is -0.0951. The molecule has 0 aliphatic carbocycles. The Balaban J connectivity index is 2.50. The molecule has 1 rings (SSSR count). The Morgan fingerprint density at radius 1 is 1.67 bits per heavy atom. The average Bonchev–Trinajstić information content (AvgIpc) is 2.47. The first-order valence-electron chi connectivity index (χ1n) is 4.26. The summed E-state index contributed by atoms with van der Waals surface area (Å²) >= 11 is 0. The summed E-state index contributed by atoms with van der Waals surface area (Å²) < 4.78 is 5.16. The standard InChI is InChI=1S/C7H16BNO3/c1-8(11)9-4-7(12-2)3-6(9)5-10/h6-7,10-11H,3-5H2,1-2H3/t6-,7?/m0/s1. The maximum absolute atomic E-state index is 9.33. The van der Waals surface area contributed by atoms with E-state index >= 15 is 0 Å². The van der Waals surface area contributed by atoms with Crippen molar-refractivity contribution in [2.24, 2.45) is 0 Å². The molecule has 0 aromatic rings. The highest BCUT2D eigenvalue weighted by atomic mass is 16.5. The fourth-order valence-corrected chi connectivity index (χ4v) is 1.71. The van der Waals surface area contributed by atoms with Crippen molar-refractivity contribution in [1.29, 1.82) is 0 Å². The van der Waals surface area contributed by atoms with Gasteiger partial charge >= 0.3 is 7.05 Å². The molecule has 70 valence electrons. The van der Waals surface area contributed by atoms with Crippen LogP contribution in [0, 0.1) is 0 Å². The molecule has 4 nitrogen and oxygen atoms in total. The summed E-state index contributed by atoms with van der Waals surface area (Å²) in [6.07, 6.45) is 0.953. The molecule has 1 aliphatic rings. The minimum Gasteiger partial charge on any atom is -0.437 e. The molecular formula is C7H16BNO3. The molecule has 1 unspecified atom stereocenters. The zero-order valence-electron chi connectivity index (χ0n) is 7.60. The largest absolute Gasteiger partial charge is 0.437 e. The molecule has 12 heavy (non-hydrogen) atoms. The fourth-order valence-electron chi connectivity index (χ4n) is 1.71. The number of hydrogen-bond donors (Lipinski definition) is 2. The monoisotopic (exact) mass is 173 g/mol. The molecule has 0 spiro atoms. The van der Waals surface area contributed by atoms with E-state index in [4.69, 9.17) is 9.84 Å². The lowest BCUT2D eigenvalue weighted by molar-refractivity contribution is 0.112. The molecule has 0 saturated carbocycles. The van der Waals surface area contributed by atoms with Crippen molar-refractivity contribution in [2.45, 2.75) is 25.4 Å². The molecule has 1 heterocycles. The Morgan fingerprint density at radius 2 is 2.33 bits per heavy atom. The molecule has 0 aromatic carbocycles. The van der Waals surface area contributed by atoms with Crippen molar-refractivity contribution in [3.05, 3.63) is 0 Å². The Morgan fingerprint density at radius 3 is 2.67 bits per heavy atom. The lowest BCUT2D eigenvalue weighted by Crippen LogP contribution is -2.42. The summed E-state index contributed by atoms with van der Waals surface area (Å²) in [7, 11) is 1.16. The molecule has 0 radical (unpaired) electrons. The van der Waals surface area contributed by atoms with Crippen LogP contribution in [0.4, 0.5) is 0 Å². The first-order chi connectivity index (χ1) is 5.69. The van der Waals surface area contributed by atoms with Crippen LogP contribution in [0.25, 0.3) is 0 Å². The van der Waals surface area contributed by atoms with E-state index in [0.717, 1.165) is 6.42 Å². The van der Waals surface area contributed by atoms with Crippen molar-refractivity contribution >= 4 is 7.05 Å². The molecule has 2 N–H and O–H groups in total. The van der Waals surface area contributed by atoms with Gasteiger partial charge < -0.3 is 19.7 Å². The second-order valence-electron chi connectivity index (χ2n) is 3.26. The van der Waals surface area contributed by atoms with Gasteiger partial charge in [-0.1, -0.05) is 0 Å². The van der Waals surface area contributed by atoms with Gasteiger partial charge in [0, 0.05) is 19.7 Å². The van der Waals surface area contributed by atoms with E-state index in [9.17, 15) is 5.02 Å². The zero-order chi connectivity index (χ0) is 9.14. The fraction of sp³-hybridized carbons (Fsp3) is 1.00. The maximum atomic E-state index is 9.33. The van der Waals surface area contributed by atoms with Crippen LogP contribution >= 0.6 is 0 Å². The minimum absolute atomic E-state index is 0.0509. The normalized spacial score (nSPS) is 31.0. The predicted molar refractivity (Wildman–Crippen MR) is 46.8 cm³/mol. The van der Waals surface area contributed by atoms with Crippen molar-refractivity contribution in [3.8, 4) is 0 Å². The molecule has 0 aromatic heterocycles. The van der Waals surface area contributed by atoms with Gasteiger partial charge in [-0.3, -0.25) is 0 Å². The van der Waals surface area contributed by atoms with Crippen LogP contribution in [0.3, 0.4) is 0 Å². The van der Waals surface area contributed by atoms with Gasteiger partial charge in [-0.2, -0.15) is 0 Å². The molecule has 0 amide bonds. The van der Waals surface area contributed by atoms with Crippen molar-refractivity contribution in [1.82, 2.24) is 4.81 Å². The van der Waals surface area contributed by atoms with Crippen LogP contribution in [0.15, 0.2) is 0 Å². The van der Waals surface area contributed by atoms with E-state index in [1.807, 2.05) is 4.81 Å². The maximum Gasteiger partial charge on any atom is 0.376 e. The number of nitrogens with zero attached hydrogens (tertiary/aromatic N) is 1. The van der Waals surface area contributed by atoms with Crippen LogP contribution in [0.1, 0.15) is 6.42 Å². The summed E-state index contributed by atoms with van der Waals surface area (Å²) in [6, 6.07) is 0.0509. The van der Waals surface area contributed by atoms with E-state index < -0.39 is 7.05 Å². The van der Waals surface area contributed by atoms with Gasteiger partial charge in [-0.05, 0) is 13.2 Å². The number of rotatable bonds is 3. The quantitative estimate of drug-likeness (QED) is 0.547. The molecular weight excluding hydrogens is 157 g/mol. The highest BCUT2D eigenvalue weighted by Gasteiger charge is 2.35. The van der Waals surface area contributed by atoms with E-state index in [1.165, 1.54) is 0 Å².